The summed E-state index contributed by atoms with van der Waals surface area (Å²) in [6, 6.07) is 11.3. The van der Waals surface area contributed by atoms with Gasteiger partial charge in [0.15, 0.2) is 5.65 Å². The lowest BCUT2D eigenvalue weighted by molar-refractivity contribution is -0.116. The number of rotatable bonds is 4. The maximum Gasteiger partial charge on any atom is 0.264 e. The van der Waals surface area contributed by atoms with Crippen molar-refractivity contribution in [2.45, 2.75) is 20.4 Å². The maximum atomic E-state index is 13.0. The van der Waals surface area contributed by atoms with Gasteiger partial charge in [0.2, 0.25) is 5.91 Å². The molecular weight excluding hydrogens is 373 g/mol. The Balaban J connectivity index is 1.62. The smallest absolute Gasteiger partial charge is 0.264 e. The van der Waals surface area contributed by atoms with Gasteiger partial charge in [-0.2, -0.15) is 5.10 Å². The van der Waals surface area contributed by atoms with Crippen LogP contribution in [0.1, 0.15) is 11.1 Å². The Morgan fingerprint density at radius 2 is 1.90 bits per heavy atom. The second-order valence-electron chi connectivity index (χ2n) is 6.82. The first-order valence-electron chi connectivity index (χ1n) is 8.98. The van der Waals surface area contributed by atoms with E-state index < -0.39 is 11.7 Å². The average molecular weight is 391 g/mol. The number of halogens is 1. The van der Waals surface area contributed by atoms with Crippen molar-refractivity contribution in [3.8, 4) is 5.69 Å². The number of benzene rings is 2. The predicted octanol–water partition coefficient (Wildman–Crippen LogP) is 2.98. The number of nitrogens with zero attached hydrogens (tertiary/aromatic N) is 4. The molecular formula is C21H18FN5O2. The van der Waals surface area contributed by atoms with Crippen molar-refractivity contribution in [3.05, 3.63) is 82.3 Å². The van der Waals surface area contributed by atoms with Gasteiger partial charge in [0.25, 0.3) is 5.56 Å². The second-order valence-corrected chi connectivity index (χ2v) is 6.82. The van der Waals surface area contributed by atoms with Crippen LogP contribution in [-0.4, -0.2) is 25.2 Å². The zero-order valence-electron chi connectivity index (χ0n) is 15.9. The van der Waals surface area contributed by atoms with Crippen molar-refractivity contribution in [1.29, 1.82) is 0 Å². The first-order valence-corrected chi connectivity index (χ1v) is 8.98. The van der Waals surface area contributed by atoms with E-state index >= 15 is 0 Å². The quantitative estimate of drug-likeness (QED) is 0.580. The molecule has 0 aliphatic rings. The number of anilines is 1. The number of amides is 1. The molecule has 0 atom stereocenters. The van der Waals surface area contributed by atoms with Crippen LogP contribution in [0.25, 0.3) is 16.7 Å². The van der Waals surface area contributed by atoms with Crippen LogP contribution in [0.15, 0.2) is 59.8 Å². The van der Waals surface area contributed by atoms with E-state index in [1.807, 2.05) is 32.0 Å². The van der Waals surface area contributed by atoms with Crippen molar-refractivity contribution >= 4 is 22.6 Å². The molecule has 0 aliphatic heterocycles. The largest absolute Gasteiger partial charge is 0.325 e. The lowest BCUT2D eigenvalue weighted by Crippen LogP contribution is -2.27. The maximum absolute atomic E-state index is 13.0. The fourth-order valence-electron chi connectivity index (χ4n) is 3.17. The second kappa shape index (κ2) is 7.31. The van der Waals surface area contributed by atoms with Gasteiger partial charge in [0, 0.05) is 5.69 Å². The van der Waals surface area contributed by atoms with E-state index in [1.54, 1.807) is 4.68 Å². The normalized spacial score (nSPS) is 11.0. The number of hydrogen-bond acceptors (Lipinski definition) is 4. The number of hydrogen-bond donors (Lipinski definition) is 1. The molecule has 4 rings (SSSR count). The fourth-order valence-corrected chi connectivity index (χ4v) is 3.17. The van der Waals surface area contributed by atoms with Crippen molar-refractivity contribution in [3.63, 3.8) is 0 Å². The van der Waals surface area contributed by atoms with Crippen molar-refractivity contribution in [1.82, 2.24) is 19.3 Å². The Kier molecular flexibility index (Phi) is 4.67. The Labute approximate surface area is 165 Å². The average Bonchev–Trinajstić information content (AvgIpc) is 3.10. The molecule has 146 valence electrons. The molecule has 4 aromatic rings. The zero-order chi connectivity index (χ0) is 20.5. The minimum absolute atomic E-state index is 0.214. The molecule has 0 fully saturated rings. The summed E-state index contributed by atoms with van der Waals surface area (Å²) in [6.45, 7) is 3.76. The summed E-state index contributed by atoms with van der Waals surface area (Å²) in [7, 11) is 0. The molecule has 2 aromatic carbocycles. The summed E-state index contributed by atoms with van der Waals surface area (Å²) in [5, 5.41) is 7.26. The number of aromatic nitrogens is 4. The Morgan fingerprint density at radius 3 is 2.62 bits per heavy atom. The Morgan fingerprint density at radius 1 is 1.14 bits per heavy atom. The number of carbonyl (C=O) groups is 1. The standard InChI is InChI=1S/C21H18FN5O2/c1-13-3-8-18(14(2)9-13)27-20-17(10-24-27)21(29)26(12-23-20)11-19(28)25-16-6-4-15(22)5-7-16/h3-10,12H,11H2,1-2H3,(H,25,28). The van der Waals surface area contributed by atoms with Gasteiger partial charge in [0.05, 0.1) is 11.9 Å². The first-order chi connectivity index (χ1) is 13.9. The molecule has 2 heterocycles. The fraction of sp³-hybridized carbons (Fsp3) is 0.143. The number of fused-ring (bicyclic) bond motifs is 1. The molecule has 0 aliphatic carbocycles. The lowest BCUT2D eigenvalue weighted by atomic mass is 10.1. The highest BCUT2D eigenvalue weighted by Crippen LogP contribution is 2.18. The molecule has 0 radical (unpaired) electrons. The van der Waals surface area contributed by atoms with Gasteiger partial charge in [-0.25, -0.2) is 14.1 Å². The van der Waals surface area contributed by atoms with Gasteiger partial charge in [-0.05, 0) is 49.7 Å². The zero-order valence-corrected chi connectivity index (χ0v) is 15.9. The van der Waals surface area contributed by atoms with E-state index in [0.717, 1.165) is 16.8 Å². The minimum atomic E-state index is -0.415. The molecule has 1 amide bonds. The Bertz CT molecular complexity index is 1270. The van der Waals surface area contributed by atoms with Crippen LogP contribution in [-0.2, 0) is 11.3 Å². The van der Waals surface area contributed by atoms with Gasteiger partial charge in [-0.15, -0.1) is 0 Å². The first kappa shape index (κ1) is 18.5. The summed E-state index contributed by atoms with van der Waals surface area (Å²) >= 11 is 0. The molecule has 0 saturated heterocycles. The van der Waals surface area contributed by atoms with E-state index in [4.69, 9.17) is 0 Å². The van der Waals surface area contributed by atoms with Crippen molar-refractivity contribution in [2.75, 3.05) is 5.32 Å². The minimum Gasteiger partial charge on any atom is -0.325 e. The van der Waals surface area contributed by atoms with E-state index in [2.05, 4.69) is 15.4 Å². The molecule has 7 nitrogen and oxygen atoms in total. The van der Waals surface area contributed by atoms with E-state index in [1.165, 1.54) is 41.4 Å². The molecule has 2 aromatic heterocycles. The van der Waals surface area contributed by atoms with E-state index in [9.17, 15) is 14.0 Å². The van der Waals surface area contributed by atoms with Gasteiger partial charge >= 0.3 is 0 Å². The van der Waals surface area contributed by atoms with Crippen LogP contribution in [0.5, 0.6) is 0 Å². The molecule has 1 N–H and O–H groups in total. The van der Waals surface area contributed by atoms with Crippen LogP contribution < -0.4 is 10.9 Å². The van der Waals surface area contributed by atoms with Gasteiger partial charge < -0.3 is 5.32 Å². The summed E-state index contributed by atoms with van der Waals surface area (Å²) in [5.74, 6) is -0.809. The van der Waals surface area contributed by atoms with E-state index in [0.29, 0.717) is 16.7 Å². The molecule has 0 spiro atoms. The van der Waals surface area contributed by atoms with Gasteiger partial charge in [0.1, 0.15) is 24.1 Å². The molecule has 8 heteroatoms. The summed E-state index contributed by atoms with van der Waals surface area (Å²) < 4.78 is 15.8. The predicted molar refractivity (Wildman–Crippen MR) is 108 cm³/mol. The van der Waals surface area contributed by atoms with Crippen LogP contribution >= 0.6 is 0 Å². The molecule has 29 heavy (non-hydrogen) atoms. The third-order valence-corrected chi connectivity index (χ3v) is 4.58. The summed E-state index contributed by atoms with van der Waals surface area (Å²) in [5.41, 5.74) is 3.49. The number of aryl methyl sites for hydroxylation is 2. The van der Waals surface area contributed by atoms with E-state index in [-0.39, 0.29) is 12.1 Å². The van der Waals surface area contributed by atoms with Crippen LogP contribution in [0.3, 0.4) is 0 Å². The third kappa shape index (κ3) is 3.64. The molecule has 0 bridgehead atoms. The topological polar surface area (TPSA) is 81.8 Å². The highest BCUT2D eigenvalue weighted by Gasteiger charge is 2.14. The van der Waals surface area contributed by atoms with Crippen LogP contribution in [0.4, 0.5) is 10.1 Å². The number of carbonyl (C=O) groups excluding carboxylic acids is 1. The van der Waals surface area contributed by atoms with Gasteiger partial charge in [-0.1, -0.05) is 17.7 Å². The highest BCUT2D eigenvalue weighted by atomic mass is 19.1. The lowest BCUT2D eigenvalue weighted by Gasteiger charge is -2.09. The third-order valence-electron chi connectivity index (χ3n) is 4.58. The van der Waals surface area contributed by atoms with Crippen LogP contribution in [0.2, 0.25) is 0 Å². The molecule has 0 saturated carbocycles. The van der Waals surface area contributed by atoms with Crippen molar-refractivity contribution < 1.29 is 9.18 Å². The van der Waals surface area contributed by atoms with Gasteiger partial charge in [-0.3, -0.25) is 14.2 Å². The monoisotopic (exact) mass is 391 g/mol. The van der Waals surface area contributed by atoms with Crippen molar-refractivity contribution in [2.24, 2.45) is 0 Å². The highest BCUT2D eigenvalue weighted by molar-refractivity contribution is 5.90. The number of nitrogens with one attached hydrogen (secondary N) is 1. The summed E-state index contributed by atoms with van der Waals surface area (Å²) in [4.78, 5) is 29.4. The summed E-state index contributed by atoms with van der Waals surface area (Å²) in [6.07, 6.45) is 2.79. The Hall–Kier alpha value is -3.81. The molecule has 0 unspecified atom stereocenters. The SMILES string of the molecule is Cc1ccc(-n2ncc3c(=O)n(CC(=O)Nc4ccc(F)cc4)cnc32)c(C)c1. The van der Waals surface area contributed by atoms with Crippen LogP contribution in [0, 0.1) is 19.7 Å².